The number of aromatic nitrogens is 5. The number of rotatable bonds is 12. The van der Waals surface area contributed by atoms with E-state index in [1.54, 1.807) is 33.8 Å². The van der Waals surface area contributed by atoms with Crippen LogP contribution in [-0.4, -0.2) is 36.5 Å². The molecule has 0 saturated carbocycles. The fourth-order valence-corrected chi connectivity index (χ4v) is 6.36. The van der Waals surface area contributed by atoms with Crippen molar-refractivity contribution in [2.45, 2.75) is 79.5 Å². The summed E-state index contributed by atoms with van der Waals surface area (Å²) in [6.07, 6.45) is 2.95. The molecule has 0 aliphatic rings. The van der Waals surface area contributed by atoms with E-state index in [-0.39, 0.29) is 36.7 Å². The van der Waals surface area contributed by atoms with Crippen LogP contribution in [0, 0.1) is 35.9 Å². The Hall–Kier alpha value is -3.95. The number of halogens is 1. The molecule has 0 radical (unpaired) electrons. The number of thiophene rings is 1. The number of ether oxygens (including phenoxy) is 1. The van der Waals surface area contributed by atoms with Crippen LogP contribution in [0.2, 0.25) is 0 Å². The van der Waals surface area contributed by atoms with Gasteiger partial charge in [-0.2, -0.15) is 15.5 Å². The molecule has 3 aromatic heterocycles. The van der Waals surface area contributed by atoms with E-state index in [0.29, 0.717) is 27.4 Å². The summed E-state index contributed by atoms with van der Waals surface area (Å²) in [7, 11) is 0. The van der Waals surface area contributed by atoms with Gasteiger partial charge in [-0.1, -0.05) is 38.2 Å². The van der Waals surface area contributed by atoms with Crippen LogP contribution in [-0.2, 0) is 28.0 Å². The summed E-state index contributed by atoms with van der Waals surface area (Å²) in [5.41, 5.74) is -0.788. The highest BCUT2D eigenvalue weighted by atomic mass is 32.1. The number of hydrogen-bond donors (Lipinski definition) is 0. The lowest BCUT2D eigenvalue weighted by atomic mass is 9.91. The monoisotopic (exact) mass is 608 g/mol. The number of carbonyl (C=O) groups is 1. The molecule has 0 bridgehead atoms. The molecule has 1 aromatic carbocycles. The quantitative estimate of drug-likeness (QED) is 0.220. The zero-order valence-electron chi connectivity index (χ0n) is 25.5. The van der Waals surface area contributed by atoms with Crippen LogP contribution in [0.15, 0.2) is 40.2 Å². The maximum absolute atomic E-state index is 14.6. The molecule has 4 aromatic rings. The van der Waals surface area contributed by atoms with Gasteiger partial charge in [0.2, 0.25) is 0 Å². The van der Waals surface area contributed by atoms with E-state index in [2.05, 4.69) is 16.3 Å². The van der Waals surface area contributed by atoms with E-state index < -0.39 is 34.6 Å². The lowest BCUT2D eigenvalue weighted by molar-refractivity contribution is -0.127. The predicted octanol–water partition coefficient (Wildman–Crippen LogP) is 5.08. The van der Waals surface area contributed by atoms with Gasteiger partial charge in [0.25, 0.3) is 5.56 Å². The number of fused-ring (bicyclic) bond motifs is 1. The SMILES string of the molecule is CCc1ccc(F)cc1[C@H](Cn1c(=O)n(C(C)(C)C(=O)CC(C)C)c(=O)c2c(C)c(-n3nccn3)sc21)OC[C@H](C)C#N. The molecule has 0 amide bonds. The van der Waals surface area contributed by atoms with E-state index in [4.69, 9.17) is 4.74 Å². The van der Waals surface area contributed by atoms with Gasteiger partial charge in [0.05, 0.1) is 42.9 Å². The minimum Gasteiger partial charge on any atom is -0.370 e. The Kier molecular flexibility index (Phi) is 9.47. The third-order valence-corrected chi connectivity index (χ3v) is 8.86. The topological polar surface area (TPSA) is 125 Å². The first-order valence-electron chi connectivity index (χ1n) is 14.3. The van der Waals surface area contributed by atoms with Crippen LogP contribution < -0.4 is 11.2 Å². The van der Waals surface area contributed by atoms with Crippen LogP contribution in [0.3, 0.4) is 0 Å². The summed E-state index contributed by atoms with van der Waals surface area (Å²) in [5.74, 6) is -1.14. The highest BCUT2D eigenvalue weighted by molar-refractivity contribution is 7.21. The molecule has 0 spiro atoms. The van der Waals surface area contributed by atoms with E-state index in [1.807, 2.05) is 20.8 Å². The van der Waals surface area contributed by atoms with Crippen molar-refractivity contribution in [1.29, 1.82) is 5.26 Å². The fourth-order valence-electron chi connectivity index (χ4n) is 5.14. The summed E-state index contributed by atoms with van der Waals surface area (Å²) in [6, 6.07) is 6.58. The maximum Gasteiger partial charge on any atom is 0.333 e. The normalized spacial score (nSPS) is 13.4. The van der Waals surface area contributed by atoms with Crippen molar-refractivity contribution in [3.63, 3.8) is 0 Å². The van der Waals surface area contributed by atoms with Crippen molar-refractivity contribution in [3.05, 3.63) is 73.9 Å². The Bertz CT molecular complexity index is 1800. The number of nitrogens with zero attached hydrogens (tertiary/aromatic N) is 6. The smallest absolute Gasteiger partial charge is 0.333 e. The molecule has 3 heterocycles. The van der Waals surface area contributed by atoms with Gasteiger partial charge in [-0.25, -0.2) is 13.8 Å². The first kappa shape index (κ1) is 32.0. The third kappa shape index (κ3) is 6.24. The second kappa shape index (κ2) is 12.7. The average Bonchev–Trinajstić information content (AvgIpc) is 3.60. The Morgan fingerprint density at radius 2 is 1.86 bits per heavy atom. The second-order valence-corrected chi connectivity index (χ2v) is 12.7. The number of aryl methyl sites for hydroxylation is 2. The molecule has 2 atom stereocenters. The predicted molar refractivity (Wildman–Crippen MR) is 163 cm³/mol. The Morgan fingerprint density at radius 1 is 1.19 bits per heavy atom. The Balaban J connectivity index is 2.03. The minimum absolute atomic E-state index is 0.0224. The van der Waals surface area contributed by atoms with Gasteiger partial charge in [-0.3, -0.25) is 14.2 Å². The van der Waals surface area contributed by atoms with Crippen molar-refractivity contribution >= 4 is 27.3 Å². The van der Waals surface area contributed by atoms with Crippen molar-refractivity contribution in [1.82, 2.24) is 24.1 Å². The van der Waals surface area contributed by atoms with E-state index in [0.717, 1.165) is 10.1 Å². The number of hydrogen-bond acceptors (Lipinski definition) is 8. The van der Waals surface area contributed by atoms with E-state index in [1.165, 1.54) is 45.2 Å². The summed E-state index contributed by atoms with van der Waals surface area (Å²) < 4.78 is 23.3. The fraction of sp³-hybridized carbons (Fsp3) is 0.484. The number of Topliss-reactive ketones (excluding diaryl/α,β-unsaturated/α-hetero) is 1. The molecule has 0 aliphatic carbocycles. The third-order valence-electron chi connectivity index (χ3n) is 7.57. The van der Waals surface area contributed by atoms with Crippen molar-refractivity contribution in [2.75, 3.05) is 6.61 Å². The number of benzene rings is 1. The van der Waals surface area contributed by atoms with Gasteiger partial charge in [-0.05, 0) is 63.3 Å². The first-order valence-corrected chi connectivity index (χ1v) is 15.1. The molecule has 10 nitrogen and oxygen atoms in total. The largest absolute Gasteiger partial charge is 0.370 e. The van der Waals surface area contributed by atoms with Crippen molar-refractivity contribution < 1.29 is 13.9 Å². The molecule has 0 N–H and O–H groups in total. The van der Waals surface area contributed by atoms with Gasteiger partial charge >= 0.3 is 5.69 Å². The molecular weight excluding hydrogens is 571 g/mol. The lowest BCUT2D eigenvalue weighted by Gasteiger charge is -2.28. The Morgan fingerprint density at radius 3 is 2.47 bits per heavy atom. The average molecular weight is 609 g/mol. The van der Waals surface area contributed by atoms with Crippen LogP contribution in [0.25, 0.3) is 15.2 Å². The molecule has 0 fully saturated rings. The van der Waals surface area contributed by atoms with Crippen LogP contribution in [0.5, 0.6) is 0 Å². The van der Waals surface area contributed by atoms with Gasteiger partial charge in [-0.15, -0.1) is 4.80 Å². The van der Waals surface area contributed by atoms with Crippen LogP contribution in [0.1, 0.15) is 70.8 Å². The zero-order valence-corrected chi connectivity index (χ0v) is 26.4. The van der Waals surface area contributed by atoms with Gasteiger partial charge in [0.1, 0.15) is 27.3 Å². The van der Waals surface area contributed by atoms with E-state index in [9.17, 15) is 24.0 Å². The molecule has 0 unspecified atom stereocenters. The minimum atomic E-state index is -1.45. The van der Waals surface area contributed by atoms with Crippen LogP contribution >= 0.6 is 11.3 Å². The zero-order chi connectivity index (χ0) is 31.6. The summed E-state index contributed by atoms with van der Waals surface area (Å²) in [6.45, 7) is 12.3. The highest BCUT2D eigenvalue weighted by Crippen LogP contribution is 2.33. The molecule has 4 rings (SSSR count). The number of carbonyl (C=O) groups excluding carboxylic acids is 1. The molecule has 43 heavy (non-hydrogen) atoms. The summed E-state index contributed by atoms with van der Waals surface area (Å²) in [5, 5.41) is 18.7. The Labute approximate surface area is 253 Å². The van der Waals surface area contributed by atoms with Crippen molar-refractivity contribution in [2.24, 2.45) is 11.8 Å². The van der Waals surface area contributed by atoms with E-state index >= 15 is 0 Å². The van der Waals surface area contributed by atoms with Gasteiger partial charge in [0.15, 0.2) is 5.78 Å². The molecule has 0 saturated heterocycles. The number of nitriles is 1. The van der Waals surface area contributed by atoms with Gasteiger partial charge in [0, 0.05) is 12.0 Å². The molecule has 12 heteroatoms. The molecular formula is C31H37FN6O4S. The highest BCUT2D eigenvalue weighted by Gasteiger charge is 2.36. The summed E-state index contributed by atoms with van der Waals surface area (Å²) in [4.78, 5) is 43.7. The summed E-state index contributed by atoms with van der Waals surface area (Å²) >= 11 is 1.17. The van der Waals surface area contributed by atoms with Crippen molar-refractivity contribution in [3.8, 4) is 11.1 Å². The van der Waals surface area contributed by atoms with Gasteiger partial charge < -0.3 is 4.74 Å². The van der Waals surface area contributed by atoms with Crippen LogP contribution in [0.4, 0.5) is 4.39 Å². The first-order chi connectivity index (χ1) is 20.3. The molecule has 228 valence electrons. The second-order valence-electron chi connectivity index (χ2n) is 11.7. The maximum atomic E-state index is 14.6. The standard InChI is InChI=1S/C31H37FN6O4S/c1-8-21-9-10-22(32)14-23(21)24(42-17-19(4)15-33)16-36-29-26(20(5)28(43-29)38-34-11-12-35-38)27(40)37(30(36)41)31(6,7)25(39)13-18(2)3/h9-12,14,18-19,24H,8,13,16-17H2,1-7H3/t19-,24+/m1/s1. The lowest BCUT2D eigenvalue weighted by Crippen LogP contribution is -2.53. The molecule has 0 aliphatic heterocycles. The number of ketones is 1.